The predicted molar refractivity (Wildman–Crippen MR) is 73.5 cm³/mol. The van der Waals surface area contributed by atoms with E-state index in [9.17, 15) is 0 Å². The normalized spacial score (nSPS) is 10.4. The van der Waals surface area contributed by atoms with Crippen molar-refractivity contribution in [2.24, 2.45) is 0 Å². The van der Waals surface area contributed by atoms with Crippen LogP contribution in [0.2, 0.25) is 10.0 Å². The molecule has 94 valence electrons. The van der Waals surface area contributed by atoms with Crippen molar-refractivity contribution in [3.63, 3.8) is 0 Å². The summed E-state index contributed by atoms with van der Waals surface area (Å²) in [5, 5.41) is 4.33. The van der Waals surface area contributed by atoms with Crippen LogP contribution in [0.3, 0.4) is 0 Å². The molecule has 0 radical (unpaired) electrons. The number of nitrogens with one attached hydrogen (secondary N) is 1. The number of aromatic nitrogens is 1. The van der Waals surface area contributed by atoms with Crippen LogP contribution < -0.4 is 10.1 Å². The molecule has 2 rings (SSSR count). The number of hydrogen-bond acceptors (Lipinski definition) is 3. The summed E-state index contributed by atoms with van der Waals surface area (Å²) in [6.45, 7) is 0.665. The maximum atomic E-state index is 6.02. The van der Waals surface area contributed by atoms with Gasteiger partial charge in [-0.2, -0.15) is 0 Å². The molecule has 0 atom stereocenters. The average Bonchev–Trinajstić information content (AvgIpc) is 2.37. The number of benzene rings is 1. The fraction of sp³-hybridized carbons (Fsp3) is 0.154. The van der Waals surface area contributed by atoms with E-state index in [1.54, 1.807) is 30.5 Å². The van der Waals surface area contributed by atoms with Crippen molar-refractivity contribution in [2.75, 3.05) is 7.05 Å². The third-order valence-electron chi connectivity index (χ3n) is 2.31. The second kappa shape index (κ2) is 6.05. The molecule has 1 heterocycles. The first-order chi connectivity index (χ1) is 8.69. The summed E-state index contributed by atoms with van der Waals surface area (Å²) in [5.74, 6) is 1.19. The number of rotatable bonds is 4. The van der Waals surface area contributed by atoms with Gasteiger partial charge in [0.05, 0.1) is 5.02 Å². The van der Waals surface area contributed by atoms with Gasteiger partial charge in [-0.3, -0.25) is 0 Å². The fourth-order valence-corrected chi connectivity index (χ4v) is 1.76. The van der Waals surface area contributed by atoms with Crippen LogP contribution in [0.15, 0.2) is 36.5 Å². The summed E-state index contributed by atoms with van der Waals surface area (Å²) in [4.78, 5) is 4.12. The molecule has 5 heteroatoms. The average molecular weight is 283 g/mol. The molecule has 0 aliphatic heterocycles. The maximum absolute atomic E-state index is 6.02. The first-order valence-corrected chi connectivity index (χ1v) is 6.17. The lowest BCUT2D eigenvalue weighted by atomic mass is 10.2. The number of halogens is 2. The molecule has 0 unspecified atom stereocenters. The smallest absolute Gasteiger partial charge is 0.219 e. The summed E-state index contributed by atoms with van der Waals surface area (Å²) in [6, 6.07) is 8.92. The minimum atomic E-state index is 0.506. The number of pyridine rings is 1. The quantitative estimate of drug-likeness (QED) is 0.924. The van der Waals surface area contributed by atoms with Crippen LogP contribution in [0.5, 0.6) is 11.6 Å². The Hall–Kier alpha value is -1.29. The molecule has 0 amide bonds. The molecule has 0 aliphatic rings. The lowest BCUT2D eigenvalue weighted by molar-refractivity contribution is 0.462. The van der Waals surface area contributed by atoms with Gasteiger partial charge in [0, 0.05) is 23.8 Å². The van der Waals surface area contributed by atoms with Crippen molar-refractivity contribution in [3.8, 4) is 11.6 Å². The first-order valence-electron chi connectivity index (χ1n) is 5.41. The number of hydrogen-bond donors (Lipinski definition) is 1. The second-order valence-corrected chi connectivity index (χ2v) is 4.54. The van der Waals surface area contributed by atoms with Crippen molar-refractivity contribution in [1.29, 1.82) is 0 Å². The predicted octanol–water partition coefficient (Wildman–Crippen LogP) is 3.90. The molecular formula is C13H12Cl2N2O. The topological polar surface area (TPSA) is 34.1 Å². The Balaban J connectivity index is 2.18. The Morgan fingerprint density at radius 2 is 1.94 bits per heavy atom. The molecular weight excluding hydrogens is 271 g/mol. The van der Waals surface area contributed by atoms with Gasteiger partial charge < -0.3 is 10.1 Å². The van der Waals surface area contributed by atoms with Gasteiger partial charge in [-0.1, -0.05) is 23.2 Å². The van der Waals surface area contributed by atoms with Crippen molar-refractivity contribution >= 4 is 23.2 Å². The molecule has 1 aromatic carbocycles. The van der Waals surface area contributed by atoms with E-state index in [1.165, 1.54) is 0 Å². The van der Waals surface area contributed by atoms with E-state index in [1.807, 2.05) is 13.1 Å². The second-order valence-electron chi connectivity index (χ2n) is 3.70. The molecule has 1 aromatic heterocycles. The lowest BCUT2D eigenvalue weighted by Crippen LogP contribution is -2.06. The van der Waals surface area contributed by atoms with E-state index in [4.69, 9.17) is 27.9 Å². The summed E-state index contributed by atoms with van der Waals surface area (Å²) < 4.78 is 5.62. The SMILES string of the molecule is CNCc1cc(Oc2ccc(Cl)cc2)ncc1Cl. The highest BCUT2D eigenvalue weighted by Gasteiger charge is 2.04. The van der Waals surface area contributed by atoms with Gasteiger partial charge in [-0.05, 0) is 36.9 Å². The summed E-state index contributed by atoms with van der Waals surface area (Å²) >= 11 is 11.8. The van der Waals surface area contributed by atoms with Crippen LogP contribution in [0.25, 0.3) is 0 Å². The summed E-state index contributed by atoms with van der Waals surface area (Å²) in [6.07, 6.45) is 1.58. The molecule has 18 heavy (non-hydrogen) atoms. The summed E-state index contributed by atoms with van der Waals surface area (Å²) in [5.41, 5.74) is 0.943. The van der Waals surface area contributed by atoms with Crippen LogP contribution >= 0.6 is 23.2 Å². The zero-order chi connectivity index (χ0) is 13.0. The van der Waals surface area contributed by atoms with Crippen LogP contribution in [0.4, 0.5) is 0 Å². The highest BCUT2D eigenvalue weighted by molar-refractivity contribution is 6.31. The Bertz CT molecular complexity index is 529. The Morgan fingerprint density at radius 1 is 1.22 bits per heavy atom. The summed E-state index contributed by atoms with van der Waals surface area (Å²) in [7, 11) is 1.86. The van der Waals surface area contributed by atoms with Crippen LogP contribution in [-0.2, 0) is 6.54 Å². The van der Waals surface area contributed by atoms with E-state index < -0.39 is 0 Å². The Labute approximate surface area is 116 Å². The van der Waals surface area contributed by atoms with Gasteiger partial charge in [0.15, 0.2) is 0 Å². The van der Waals surface area contributed by atoms with E-state index in [0.717, 1.165) is 5.56 Å². The zero-order valence-corrected chi connectivity index (χ0v) is 11.3. The molecule has 0 spiro atoms. The van der Waals surface area contributed by atoms with E-state index >= 15 is 0 Å². The maximum Gasteiger partial charge on any atom is 0.219 e. The Kier molecular flexibility index (Phi) is 4.42. The third-order valence-corrected chi connectivity index (χ3v) is 2.91. The number of ether oxygens (including phenoxy) is 1. The molecule has 0 saturated heterocycles. The fourth-order valence-electron chi connectivity index (χ4n) is 1.46. The van der Waals surface area contributed by atoms with E-state index in [-0.39, 0.29) is 0 Å². The molecule has 0 aliphatic carbocycles. The van der Waals surface area contributed by atoms with Gasteiger partial charge in [0.25, 0.3) is 0 Å². The van der Waals surface area contributed by atoms with E-state index in [2.05, 4.69) is 10.3 Å². The highest BCUT2D eigenvalue weighted by atomic mass is 35.5. The van der Waals surface area contributed by atoms with Gasteiger partial charge in [0.2, 0.25) is 5.88 Å². The van der Waals surface area contributed by atoms with E-state index in [0.29, 0.717) is 28.2 Å². The van der Waals surface area contributed by atoms with Gasteiger partial charge in [-0.25, -0.2) is 4.98 Å². The molecule has 0 fully saturated rings. The largest absolute Gasteiger partial charge is 0.439 e. The first kappa shape index (κ1) is 13.1. The minimum absolute atomic E-state index is 0.506. The standard InChI is InChI=1S/C13H12Cl2N2O/c1-16-7-9-6-13(17-8-12(9)15)18-11-4-2-10(14)3-5-11/h2-6,8,16H,7H2,1H3. The Morgan fingerprint density at radius 3 is 2.61 bits per heavy atom. The number of nitrogens with zero attached hydrogens (tertiary/aromatic N) is 1. The van der Waals surface area contributed by atoms with Crippen LogP contribution in [0.1, 0.15) is 5.56 Å². The molecule has 3 nitrogen and oxygen atoms in total. The molecule has 1 N–H and O–H groups in total. The molecule has 2 aromatic rings. The van der Waals surface area contributed by atoms with Crippen LogP contribution in [-0.4, -0.2) is 12.0 Å². The van der Waals surface area contributed by atoms with Gasteiger partial charge in [0.1, 0.15) is 5.75 Å². The van der Waals surface area contributed by atoms with Crippen LogP contribution in [0, 0.1) is 0 Å². The molecule has 0 saturated carbocycles. The van der Waals surface area contributed by atoms with Gasteiger partial charge >= 0.3 is 0 Å². The molecule has 0 bridgehead atoms. The third kappa shape index (κ3) is 3.35. The lowest BCUT2D eigenvalue weighted by Gasteiger charge is -2.08. The van der Waals surface area contributed by atoms with Gasteiger partial charge in [-0.15, -0.1) is 0 Å². The van der Waals surface area contributed by atoms with Crippen molar-refractivity contribution < 1.29 is 4.74 Å². The highest BCUT2D eigenvalue weighted by Crippen LogP contribution is 2.24. The van der Waals surface area contributed by atoms with Crippen molar-refractivity contribution in [2.45, 2.75) is 6.54 Å². The van der Waals surface area contributed by atoms with Crippen molar-refractivity contribution in [3.05, 3.63) is 52.1 Å². The minimum Gasteiger partial charge on any atom is -0.439 e. The monoisotopic (exact) mass is 282 g/mol. The van der Waals surface area contributed by atoms with Crippen molar-refractivity contribution in [1.82, 2.24) is 10.3 Å². The zero-order valence-electron chi connectivity index (χ0n) is 9.78.